The molecule has 1 aliphatic rings. The predicted octanol–water partition coefficient (Wildman–Crippen LogP) is 2.88. The maximum atomic E-state index is 3.42. The molecule has 84 valence electrons. The largest absolute Gasteiger partial charge is 0.361 e. The van der Waals surface area contributed by atoms with Crippen LogP contribution in [0.2, 0.25) is 0 Å². The highest BCUT2D eigenvalue weighted by molar-refractivity contribution is 5.84. The van der Waals surface area contributed by atoms with Gasteiger partial charge in [-0.15, -0.1) is 0 Å². The maximum absolute atomic E-state index is 3.42. The zero-order chi connectivity index (χ0) is 11.3. The van der Waals surface area contributed by atoms with Gasteiger partial charge >= 0.3 is 0 Å². The number of para-hydroxylation sites is 1. The summed E-state index contributed by atoms with van der Waals surface area (Å²) >= 11 is 0. The average molecular weight is 214 g/mol. The van der Waals surface area contributed by atoms with Crippen molar-refractivity contribution in [1.82, 2.24) is 10.3 Å². The van der Waals surface area contributed by atoms with E-state index in [0.717, 1.165) is 0 Å². The van der Waals surface area contributed by atoms with Gasteiger partial charge in [0.2, 0.25) is 0 Å². The van der Waals surface area contributed by atoms with E-state index in [1.54, 1.807) is 0 Å². The fourth-order valence-electron chi connectivity index (χ4n) is 3.11. The van der Waals surface area contributed by atoms with Crippen molar-refractivity contribution in [3.8, 4) is 0 Å². The van der Waals surface area contributed by atoms with Crippen molar-refractivity contribution in [3.63, 3.8) is 0 Å². The van der Waals surface area contributed by atoms with Crippen molar-refractivity contribution >= 4 is 10.9 Å². The minimum atomic E-state index is 0.375. The Labute approximate surface area is 96.1 Å². The van der Waals surface area contributed by atoms with Crippen molar-refractivity contribution in [2.24, 2.45) is 5.41 Å². The van der Waals surface area contributed by atoms with Crippen LogP contribution in [0.5, 0.6) is 0 Å². The Bertz CT molecular complexity index is 524. The lowest BCUT2D eigenvalue weighted by molar-refractivity contribution is 0.567. The van der Waals surface area contributed by atoms with Gasteiger partial charge in [0.15, 0.2) is 0 Å². The molecule has 0 spiro atoms. The first-order chi connectivity index (χ1) is 7.66. The van der Waals surface area contributed by atoms with Gasteiger partial charge in [0.25, 0.3) is 0 Å². The molecular formula is C14H18N2. The Hall–Kier alpha value is -1.28. The first-order valence-electron chi connectivity index (χ1n) is 5.89. The van der Waals surface area contributed by atoms with Gasteiger partial charge in [-0.25, -0.2) is 0 Å². The molecule has 2 heteroatoms. The van der Waals surface area contributed by atoms with Crippen LogP contribution in [0.1, 0.15) is 25.3 Å². The monoisotopic (exact) mass is 214 g/mol. The van der Waals surface area contributed by atoms with Crippen LogP contribution in [-0.2, 0) is 0 Å². The SMILES string of the molecule is CNC1C(c2c[nH]c3ccccc23)C1(C)C. The molecule has 16 heavy (non-hydrogen) atoms. The van der Waals surface area contributed by atoms with Gasteiger partial charge in [0.05, 0.1) is 0 Å². The summed E-state index contributed by atoms with van der Waals surface area (Å²) in [6.45, 7) is 4.67. The molecule has 1 saturated carbocycles. The molecular weight excluding hydrogens is 196 g/mol. The highest BCUT2D eigenvalue weighted by atomic mass is 15.0. The summed E-state index contributed by atoms with van der Waals surface area (Å²) < 4.78 is 0. The minimum Gasteiger partial charge on any atom is -0.361 e. The second-order valence-corrected chi connectivity index (χ2v) is 5.35. The van der Waals surface area contributed by atoms with Crippen LogP contribution in [-0.4, -0.2) is 18.1 Å². The topological polar surface area (TPSA) is 27.8 Å². The summed E-state index contributed by atoms with van der Waals surface area (Å²) in [5.41, 5.74) is 3.08. The van der Waals surface area contributed by atoms with E-state index >= 15 is 0 Å². The molecule has 1 aliphatic carbocycles. The van der Waals surface area contributed by atoms with Gasteiger partial charge in [-0.2, -0.15) is 0 Å². The van der Waals surface area contributed by atoms with Crippen LogP contribution in [0.4, 0.5) is 0 Å². The molecule has 2 aromatic rings. The predicted molar refractivity (Wildman–Crippen MR) is 67.7 cm³/mol. The van der Waals surface area contributed by atoms with Crippen LogP contribution in [0.25, 0.3) is 10.9 Å². The molecule has 2 atom stereocenters. The molecule has 0 saturated heterocycles. The lowest BCUT2D eigenvalue weighted by Crippen LogP contribution is -2.14. The van der Waals surface area contributed by atoms with E-state index in [-0.39, 0.29) is 0 Å². The van der Waals surface area contributed by atoms with Crippen molar-refractivity contribution in [1.29, 1.82) is 0 Å². The second kappa shape index (κ2) is 3.11. The lowest BCUT2D eigenvalue weighted by Gasteiger charge is -2.00. The highest BCUT2D eigenvalue weighted by Gasteiger charge is 2.58. The lowest BCUT2D eigenvalue weighted by atomic mass is 10.0. The first kappa shape index (κ1) is 9.91. The Balaban J connectivity index is 2.08. The fourth-order valence-corrected chi connectivity index (χ4v) is 3.11. The number of nitrogens with one attached hydrogen (secondary N) is 2. The zero-order valence-corrected chi connectivity index (χ0v) is 10.0. The van der Waals surface area contributed by atoms with E-state index in [2.05, 4.69) is 61.7 Å². The molecule has 1 aromatic carbocycles. The van der Waals surface area contributed by atoms with Gasteiger partial charge in [-0.05, 0) is 24.1 Å². The van der Waals surface area contributed by atoms with Crippen LogP contribution < -0.4 is 5.32 Å². The summed E-state index contributed by atoms with van der Waals surface area (Å²) in [4.78, 5) is 3.36. The molecule has 0 amide bonds. The number of hydrogen-bond donors (Lipinski definition) is 2. The quantitative estimate of drug-likeness (QED) is 0.790. The fraction of sp³-hybridized carbons (Fsp3) is 0.429. The number of aromatic nitrogens is 1. The second-order valence-electron chi connectivity index (χ2n) is 5.35. The third-order valence-electron chi connectivity index (χ3n) is 4.09. The van der Waals surface area contributed by atoms with Gasteiger partial charge in [0, 0.05) is 29.1 Å². The van der Waals surface area contributed by atoms with Crippen molar-refractivity contribution < 1.29 is 0 Å². The van der Waals surface area contributed by atoms with Crippen LogP contribution in [0.15, 0.2) is 30.5 Å². The molecule has 1 aromatic heterocycles. The molecule has 2 unspecified atom stereocenters. The zero-order valence-electron chi connectivity index (χ0n) is 10.0. The summed E-state index contributed by atoms with van der Waals surface area (Å²) in [6, 6.07) is 9.15. The number of hydrogen-bond acceptors (Lipinski definition) is 1. The van der Waals surface area contributed by atoms with E-state index < -0.39 is 0 Å². The summed E-state index contributed by atoms with van der Waals surface area (Å²) in [5.74, 6) is 0.633. The Morgan fingerprint density at radius 2 is 2.00 bits per heavy atom. The molecule has 0 aliphatic heterocycles. The van der Waals surface area contributed by atoms with Gasteiger partial charge < -0.3 is 10.3 Å². The van der Waals surface area contributed by atoms with Crippen molar-refractivity contribution in [3.05, 3.63) is 36.0 Å². The smallest absolute Gasteiger partial charge is 0.0456 e. The maximum Gasteiger partial charge on any atom is 0.0456 e. The molecule has 1 heterocycles. The Morgan fingerprint density at radius 1 is 1.25 bits per heavy atom. The third kappa shape index (κ3) is 1.17. The summed E-state index contributed by atoms with van der Waals surface area (Å²) in [7, 11) is 2.06. The molecule has 2 nitrogen and oxygen atoms in total. The standard InChI is InChI=1S/C14H18N2/c1-14(2)12(13(14)15-3)10-8-16-11-7-5-4-6-9(10)11/h4-8,12-13,15-16H,1-3H3. The van der Waals surface area contributed by atoms with Gasteiger partial charge in [-0.3, -0.25) is 0 Å². The van der Waals surface area contributed by atoms with E-state index in [1.165, 1.54) is 16.5 Å². The third-order valence-corrected chi connectivity index (χ3v) is 4.09. The number of benzene rings is 1. The summed E-state index contributed by atoms with van der Waals surface area (Å²) in [5, 5.41) is 4.79. The minimum absolute atomic E-state index is 0.375. The Kier molecular flexibility index (Phi) is 1.93. The molecule has 3 rings (SSSR count). The molecule has 1 fully saturated rings. The van der Waals surface area contributed by atoms with Crippen molar-refractivity contribution in [2.45, 2.75) is 25.8 Å². The number of likely N-dealkylation sites (N-methyl/N-ethyl adjacent to an activating group) is 1. The van der Waals surface area contributed by atoms with Crippen LogP contribution >= 0.6 is 0 Å². The van der Waals surface area contributed by atoms with Crippen molar-refractivity contribution in [2.75, 3.05) is 7.05 Å². The van der Waals surface area contributed by atoms with Crippen LogP contribution in [0, 0.1) is 5.41 Å². The molecule has 2 N–H and O–H groups in total. The highest BCUT2D eigenvalue weighted by Crippen LogP contribution is 2.59. The van der Waals surface area contributed by atoms with E-state index in [4.69, 9.17) is 0 Å². The number of fused-ring (bicyclic) bond motifs is 1. The van der Waals surface area contributed by atoms with Gasteiger partial charge in [-0.1, -0.05) is 32.0 Å². The Morgan fingerprint density at radius 3 is 2.69 bits per heavy atom. The van der Waals surface area contributed by atoms with E-state index in [1.807, 2.05) is 0 Å². The first-order valence-corrected chi connectivity index (χ1v) is 5.89. The van der Waals surface area contributed by atoms with Crippen LogP contribution in [0.3, 0.4) is 0 Å². The number of aromatic amines is 1. The number of rotatable bonds is 2. The molecule has 0 bridgehead atoms. The average Bonchev–Trinajstić information content (AvgIpc) is 2.66. The normalized spacial score (nSPS) is 27.2. The van der Waals surface area contributed by atoms with Gasteiger partial charge in [0.1, 0.15) is 0 Å². The van der Waals surface area contributed by atoms with E-state index in [9.17, 15) is 0 Å². The molecule has 0 radical (unpaired) electrons. The summed E-state index contributed by atoms with van der Waals surface area (Å²) in [6.07, 6.45) is 2.18. The number of H-pyrrole nitrogens is 1. The van der Waals surface area contributed by atoms with E-state index in [0.29, 0.717) is 17.4 Å².